The predicted molar refractivity (Wildman–Crippen MR) is 76.0 cm³/mol. The largest absolute Gasteiger partial charge is 0.247 e. The Hall–Kier alpha value is -1.79. The molecule has 2 aromatic carbocycles. The molecular formula is C15H11BrN2. The van der Waals surface area contributed by atoms with E-state index in [-0.39, 0.29) is 4.83 Å². The van der Waals surface area contributed by atoms with Crippen LogP contribution < -0.4 is 4.90 Å². The van der Waals surface area contributed by atoms with Gasteiger partial charge in [0, 0.05) is 4.83 Å². The fourth-order valence-corrected chi connectivity index (χ4v) is 3.13. The first-order chi connectivity index (χ1) is 8.81. The molecule has 0 aromatic heterocycles. The van der Waals surface area contributed by atoms with Crippen molar-refractivity contribution in [2.45, 2.75) is 11.2 Å². The summed E-state index contributed by atoms with van der Waals surface area (Å²) < 4.78 is 0. The van der Waals surface area contributed by atoms with E-state index in [9.17, 15) is 5.26 Å². The number of rotatable bonds is 0. The molecule has 0 saturated carbocycles. The normalized spacial score (nSPS) is 17.3. The standard InChI is InChI=1S/C15H11BrN2/c16-13-9-11-5-1-3-7-14(11)18(10-17)15-8-4-2-6-12(13)15/h1-8,13H,9H2. The third-order valence-corrected chi connectivity index (χ3v) is 4.06. The van der Waals surface area contributed by atoms with Crippen LogP contribution in [-0.4, -0.2) is 0 Å². The van der Waals surface area contributed by atoms with Gasteiger partial charge in [-0.1, -0.05) is 52.3 Å². The van der Waals surface area contributed by atoms with Crippen LogP contribution in [0, 0.1) is 11.5 Å². The molecule has 0 amide bonds. The smallest absolute Gasteiger partial charge is 0.189 e. The first-order valence-corrected chi connectivity index (χ1v) is 6.73. The van der Waals surface area contributed by atoms with Crippen LogP contribution in [0.25, 0.3) is 0 Å². The number of para-hydroxylation sites is 2. The Morgan fingerprint density at radius 2 is 1.72 bits per heavy atom. The zero-order valence-electron chi connectivity index (χ0n) is 9.68. The molecule has 18 heavy (non-hydrogen) atoms. The average Bonchev–Trinajstić information content (AvgIpc) is 2.53. The first-order valence-electron chi connectivity index (χ1n) is 5.82. The number of benzene rings is 2. The number of halogens is 1. The number of nitriles is 1. The highest BCUT2D eigenvalue weighted by molar-refractivity contribution is 9.09. The zero-order valence-corrected chi connectivity index (χ0v) is 11.3. The Morgan fingerprint density at radius 1 is 1.06 bits per heavy atom. The summed E-state index contributed by atoms with van der Waals surface area (Å²) in [5.41, 5.74) is 4.30. The van der Waals surface area contributed by atoms with Gasteiger partial charge in [0.2, 0.25) is 0 Å². The van der Waals surface area contributed by atoms with E-state index in [1.165, 1.54) is 5.56 Å². The molecule has 0 saturated heterocycles. The van der Waals surface area contributed by atoms with E-state index >= 15 is 0 Å². The highest BCUT2D eigenvalue weighted by Gasteiger charge is 2.24. The Morgan fingerprint density at radius 3 is 2.50 bits per heavy atom. The maximum Gasteiger partial charge on any atom is 0.189 e. The van der Waals surface area contributed by atoms with Crippen molar-refractivity contribution >= 4 is 27.3 Å². The van der Waals surface area contributed by atoms with Gasteiger partial charge in [0.05, 0.1) is 11.4 Å². The quantitative estimate of drug-likeness (QED) is 0.536. The van der Waals surface area contributed by atoms with Crippen molar-refractivity contribution in [3.8, 4) is 6.19 Å². The van der Waals surface area contributed by atoms with Crippen LogP contribution in [0.5, 0.6) is 0 Å². The van der Waals surface area contributed by atoms with E-state index in [0.717, 1.165) is 23.4 Å². The van der Waals surface area contributed by atoms with Crippen LogP contribution in [0.15, 0.2) is 48.5 Å². The third kappa shape index (κ3) is 1.70. The lowest BCUT2D eigenvalue weighted by Gasteiger charge is -2.18. The van der Waals surface area contributed by atoms with E-state index in [1.54, 1.807) is 4.90 Å². The van der Waals surface area contributed by atoms with Crippen molar-refractivity contribution in [3.05, 3.63) is 59.7 Å². The van der Waals surface area contributed by atoms with Crippen LogP contribution in [0.1, 0.15) is 16.0 Å². The number of fused-ring (bicyclic) bond motifs is 2. The lowest BCUT2D eigenvalue weighted by molar-refractivity contribution is 0.966. The van der Waals surface area contributed by atoms with Gasteiger partial charge in [-0.15, -0.1) is 0 Å². The highest BCUT2D eigenvalue weighted by atomic mass is 79.9. The minimum absolute atomic E-state index is 0.244. The van der Waals surface area contributed by atoms with E-state index in [4.69, 9.17) is 0 Å². The maximum atomic E-state index is 9.46. The number of hydrogen-bond acceptors (Lipinski definition) is 2. The summed E-state index contributed by atoms with van der Waals surface area (Å²) >= 11 is 3.73. The monoisotopic (exact) mass is 298 g/mol. The van der Waals surface area contributed by atoms with E-state index < -0.39 is 0 Å². The van der Waals surface area contributed by atoms with Crippen LogP contribution in [0.2, 0.25) is 0 Å². The number of anilines is 2. The second-order valence-corrected chi connectivity index (χ2v) is 5.40. The summed E-state index contributed by atoms with van der Waals surface area (Å²) in [6.07, 6.45) is 3.18. The lowest BCUT2D eigenvalue weighted by atomic mass is 10.0. The van der Waals surface area contributed by atoms with E-state index in [2.05, 4.69) is 34.3 Å². The second kappa shape index (κ2) is 4.47. The minimum Gasteiger partial charge on any atom is -0.247 e. The molecule has 1 aliphatic heterocycles. The van der Waals surface area contributed by atoms with Crippen LogP contribution in [0.3, 0.4) is 0 Å². The molecule has 2 aromatic rings. The van der Waals surface area contributed by atoms with E-state index in [1.807, 2.05) is 36.4 Å². The molecule has 88 valence electrons. The van der Waals surface area contributed by atoms with Gasteiger partial charge >= 0.3 is 0 Å². The van der Waals surface area contributed by atoms with Crippen molar-refractivity contribution in [3.63, 3.8) is 0 Å². The van der Waals surface area contributed by atoms with Crippen LogP contribution >= 0.6 is 15.9 Å². The van der Waals surface area contributed by atoms with Gasteiger partial charge in [0.15, 0.2) is 6.19 Å². The molecule has 0 aliphatic carbocycles. The van der Waals surface area contributed by atoms with Gasteiger partial charge in [-0.05, 0) is 29.7 Å². The fraction of sp³-hybridized carbons (Fsp3) is 0.133. The lowest BCUT2D eigenvalue weighted by Crippen LogP contribution is -2.10. The molecular weight excluding hydrogens is 288 g/mol. The molecule has 0 spiro atoms. The topological polar surface area (TPSA) is 27.0 Å². The van der Waals surface area contributed by atoms with Gasteiger partial charge < -0.3 is 0 Å². The Kier molecular flexibility index (Phi) is 2.81. The van der Waals surface area contributed by atoms with Crippen molar-refractivity contribution in [1.82, 2.24) is 0 Å². The molecule has 2 nitrogen and oxygen atoms in total. The second-order valence-electron chi connectivity index (χ2n) is 4.29. The fourth-order valence-electron chi connectivity index (χ4n) is 2.40. The Balaban J connectivity index is 2.27. The number of hydrogen-bond donors (Lipinski definition) is 0. The summed E-state index contributed by atoms with van der Waals surface area (Å²) in [7, 11) is 0. The maximum absolute atomic E-state index is 9.46. The number of nitrogens with zero attached hydrogens (tertiary/aromatic N) is 2. The van der Waals surface area contributed by atoms with Gasteiger partial charge in [-0.3, -0.25) is 0 Å². The minimum atomic E-state index is 0.244. The summed E-state index contributed by atoms with van der Waals surface area (Å²) in [5.74, 6) is 0. The summed E-state index contributed by atoms with van der Waals surface area (Å²) in [4.78, 5) is 1.96. The summed E-state index contributed by atoms with van der Waals surface area (Å²) in [6.45, 7) is 0. The Labute approximate surface area is 115 Å². The number of alkyl halides is 1. The molecule has 0 N–H and O–H groups in total. The molecule has 1 aliphatic rings. The van der Waals surface area contributed by atoms with Gasteiger partial charge in [-0.25, -0.2) is 4.90 Å². The summed E-state index contributed by atoms with van der Waals surface area (Å²) in [6, 6.07) is 16.1. The Bertz CT molecular complexity index is 630. The highest BCUT2D eigenvalue weighted by Crippen LogP contribution is 2.42. The van der Waals surface area contributed by atoms with Gasteiger partial charge in [0.1, 0.15) is 0 Å². The summed E-state index contributed by atoms with van der Waals surface area (Å²) in [5, 5.41) is 9.46. The SMILES string of the molecule is N#CN1c2ccccc2CC(Br)c2ccccc21. The predicted octanol–water partition coefficient (Wildman–Crippen LogP) is 4.30. The van der Waals surface area contributed by atoms with Crippen molar-refractivity contribution in [2.24, 2.45) is 0 Å². The van der Waals surface area contributed by atoms with Gasteiger partial charge in [-0.2, -0.15) is 5.26 Å². The first kappa shape index (κ1) is 11.3. The molecule has 0 radical (unpaired) electrons. The van der Waals surface area contributed by atoms with Crippen molar-refractivity contribution in [1.29, 1.82) is 5.26 Å². The molecule has 0 fully saturated rings. The van der Waals surface area contributed by atoms with Crippen molar-refractivity contribution < 1.29 is 0 Å². The van der Waals surface area contributed by atoms with Crippen molar-refractivity contribution in [2.75, 3.05) is 4.90 Å². The molecule has 1 atom stereocenters. The van der Waals surface area contributed by atoms with Crippen LogP contribution in [-0.2, 0) is 6.42 Å². The molecule has 3 rings (SSSR count). The van der Waals surface area contributed by atoms with Crippen LogP contribution in [0.4, 0.5) is 11.4 Å². The molecule has 0 bridgehead atoms. The molecule has 1 unspecified atom stereocenters. The molecule has 1 heterocycles. The third-order valence-electron chi connectivity index (χ3n) is 3.25. The average molecular weight is 299 g/mol. The van der Waals surface area contributed by atoms with Gasteiger partial charge in [0.25, 0.3) is 0 Å². The van der Waals surface area contributed by atoms with E-state index in [0.29, 0.717) is 0 Å². The zero-order chi connectivity index (χ0) is 12.5. The molecule has 3 heteroatoms.